The lowest BCUT2D eigenvalue weighted by Crippen LogP contribution is -2.43. The Labute approximate surface area is 172 Å². The number of halogens is 3. The predicted molar refractivity (Wildman–Crippen MR) is 108 cm³/mol. The minimum absolute atomic E-state index is 0.160. The molecule has 0 radical (unpaired) electrons. The molecule has 0 saturated carbocycles. The molecule has 0 aliphatic heterocycles. The van der Waals surface area contributed by atoms with Crippen molar-refractivity contribution in [2.45, 2.75) is 69.2 Å². The Morgan fingerprint density at radius 3 is 2.38 bits per heavy atom. The second-order valence-corrected chi connectivity index (χ2v) is 7.50. The highest BCUT2D eigenvalue weighted by Gasteiger charge is 2.29. The van der Waals surface area contributed by atoms with Gasteiger partial charge in [0.05, 0.1) is 13.0 Å². The smallest absolute Gasteiger partial charge is 0.310 e. The van der Waals surface area contributed by atoms with Gasteiger partial charge in [-0.15, -0.1) is 23.2 Å². The summed E-state index contributed by atoms with van der Waals surface area (Å²) in [4.78, 5) is 23.4. The number of carbonyl (C=O) groups is 2. The summed E-state index contributed by atoms with van der Waals surface area (Å²) in [5.74, 6) is 4.95. The van der Waals surface area contributed by atoms with Gasteiger partial charge < -0.3 is 10.1 Å². The van der Waals surface area contributed by atoms with Gasteiger partial charge in [0, 0.05) is 24.9 Å². The van der Waals surface area contributed by atoms with E-state index in [0.717, 1.165) is 32.1 Å². The van der Waals surface area contributed by atoms with Crippen molar-refractivity contribution in [3.8, 4) is 11.8 Å². The molecule has 0 rings (SSSR count). The summed E-state index contributed by atoms with van der Waals surface area (Å²) < 4.78 is 4.95. The molecule has 0 spiro atoms. The lowest BCUT2D eigenvalue weighted by atomic mass is 9.89. The van der Waals surface area contributed by atoms with E-state index in [0.29, 0.717) is 19.3 Å². The lowest BCUT2D eigenvalue weighted by molar-refractivity contribution is -0.147. The third-order valence-corrected chi connectivity index (χ3v) is 4.44. The molecule has 148 valence electrons. The SMILES string of the molecule is COC(=O)[C@@H](CCCCCC(Cl)Cl)[C@H](CCCC#C/C=C/Cl)NC(C)=O. The van der Waals surface area contributed by atoms with Gasteiger partial charge >= 0.3 is 5.97 Å². The average Bonchev–Trinajstić information content (AvgIpc) is 2.59. The minimum Gasteiger partial charge on any atom is -0.469 e. The highest BCUT2D eigenvalue weighted by atomic mass is 35.5. The molecule has 0 bridgehead atoms. The van der Waals surface area contributed by atoms with E-state index < -0.39 is 0 Å². The molecule has 0 aromatic heterocycles. The largest absolute Gasteiger partial charge is 0.469 e. The average molecular weight is 425 g/mol. The van der Waals surface area contributed by atoms with Crippen molar-refractivity contribution in [1.82, 2.24) is 5.32 Å². The Balaban J connectivity index is 4.70. The Morgan fingerprint density at radius 1 is 1.12 bits per heavy atom. The zero-order valence-electron chi connectivity index (χ0n) is 15.4. The lowest BCUT2D eigenvalue weighted by Gasteiger charge is -2.26. The van der Waals surface area contributed by atoms with E-state index in [9.17, 15) is 9.59 Å². The van der Waals surface area contributed by atoms with Gasteiger partial charge in [-0.25, -0.2) is 0 Å². The molecule has 26 heavy (non-hydrogen) atoms. The van der Waals surface area contributed by atoms with Gasteiger partial charge in [0.25, 0.3) is 0 Å². The molecule has 0 saturated heterocycles. The third-order valence-electron chi connectivity index (χ3n) is 3.88. The van der Waals surface area contributed by atoms with E-state index in [1.807, 2.05) is 0 Å². The second-order valence-electron chi connectivity index (χ2n) is 5.97. The van der Waals surface area contributed by atoms with Crippen molar-refractivity contribution in [2.24, 2.45) is 5.92 Å². The number of nitrogens with one attached hydrogen (secondary N) is 1. The molecular formula is C19H28Cl3NO3. The van der Waals surface area contributed by atoms with Crippen LogP contribution in [0.1, 0.15) is 58.3 Å². The van der Waals surface area contributed by atoms with Crippen LogP contribution >= 0.6 is 34.8 Å². The summed E-state index contributed by atoms with van der Waals surface area (Å²) in [5, 5.41) is 2.89. The van der Waals surface area contributed by atoms with Gasteiger partial charge in [-0.3, -0.25) is 9.59 Å². The maximum absolute atomic E-state index is 12.2. The van der Waals surface area contributed by atoms with Crippen LogP contribution in [0.15, 0.2) is 11.6 Å². The standard InChI is InChI=1S/C19H28Cl3NO3/c1-15(24)23-17(12-8-4-3-5-10-14-20)16(19(25)26-2)11-7-6-9-13-18(21)22/h10,14,16-18H,4,6-9,11-13H2,1-2H3,(H,23,24)/b14-10+/t16-,17-/m0/s1. The van der Waals surface area contributed by atoms with Crippen LogP contribution in [0.2, 0.25) is 0 Å². The summed E-state index contributed by atoms with van der Waals surface area (Å²) in [6.07, 6.45) is 7.70. The van der Waals surface area contributed by atoms with Crippen molar-refractivity contribution in [3.63, 3.8) is 0 Å². The van der Waals surface area contributed by atoms with Gasteiger partial charge in [0.1, 0.15) is 4.84 Å². The quantitative estimate of drug-likeness (QED) is 0.208. The molecule has 0 aromatic carbocycles. The second kappa shape index (κ2) is 16.3. The predicted octanol–water partition coefficient (Wildman–Crippen LogP) is 4.96. The first-order valence-corrected chi connectivity index (χ1v) is 10.1. The van der Waals surface area contributed by atoms with Crippen LogP contribution in [0.4, 0.5) is 0 Å². The van der Waals surface area contributed by atoms with E-state index in [1.165, 1.54) is 19.6 Å². The molecule has 0 fully saturated rings. The van der Waals surface area contributed by atoms with E-state index in [4.69, 9.17) is 39.5 Å². The maximum Gasteiger partial charge on any atom is 0.310 e. The molecule has 0 aliphatic rings. The molecule has 2 atom stereocenters. The molecule has 7 heteroatoms. The topological polar surface area (TPSA) is 55.4 Å². The van der Waals surface area contributed by atoms with Gasteiger partial charge in [-0.05, 0) is 31.8 Å². The number of alkyl halides is 2. The number of hydrogen-bond acceptors (Lipinski definition) is 3. The number of carbonyl (C=O) groups excluding carboxylic acids is 2. The Morgan fingerprint density at radius 2 is 1.81 bits per heavy atom. The summed E-state index contributed by atoms with van der Waals surface area (Å²) in [5.41, 5.74) is 1.36. The van der Waals surface area contributed by atoms with Crippen LogP contribution in [0.5, 0.6) is 0 Å². The number of amides is 1. The molecule has 0 aliphatic carbocycles. The molecule has 1 N–H and O–H groups in total. The fraction of sp³-hybridized carbons (Fsp3) is 0.684. The van der Waals surface area contributed by atoms with Crippen LogP contribution in [0, 0.1) is 17.8 Å². The summed E-state index contributed by atoms with van der Waals surface area (Å²) in [7, 11) is 1.37. The highest BCUT2D eigenvalue weighted by molar-refractivity contribution is 6.44. The van der Waals surface area contributed by atoms with Crippen molar-refractivity contribution in [3.05, 3.63) is 11.6 Å². The molecule has 1 amide bonds. The first-order chi connectivity index (χ1) is 12.4. The highest BCUT2D eigenvalue weighted by Crippen LogP contribution is 2.21. The first kappa shape index (κ1) is 25.1. The maximum atomic E-state index is 12.2. The van der Waals surface area contributed by atoms with Gasteiger partial charge in [-0.2, -0.15) is 0 Å². The Hall–Kier alpha value is -0.890. The molecule has 0 heterocycles. The summed E-state index contributed by atoms with van der Waals surface area (Å²) >= 11 is 16.9. The van der Waals surface area contributed by atoms with Gasteiger partial charge in [0.2, 0.25) is 5.91 Å². The normalized spacial score (nSPS) is 13.2. The van der Waals surface area contributed by atoms with Gasteiger partial charge in [0.15, 0.2) is 0 Å². The number of hydrogen-bond donors (Lipinski definition) is 1. The minimum atomic E-state index is -0.373. The van der Waals surface area contributed by atoms with Crippen molar-refractivity contribution >= 4 is 46.7 Å². The van der Waals surface area contributed by atoms with Crippen molar-refractivity contribution < 1.29 is 14.3 Å². The van der Waals surface area contributed by atoms with Crippen molar-refractivity contribution in [2.75, 3.05) is 7.11 Å². The van der Waals surface area contributed by atoms with E-state index >= 15 is 0 Å². The number of methoxy groups -OCH3 is 1. The van der Waals surface area contributed by atoms with Crippen LogP contribution in [-0.2, 0) is 14.3 Å². The van der Waals surface area contributed by atoms with E-state index in [-0.39, 0.29) is 28.7 Å². The van der Waals surface area contributed by atoms with Crippen LogP contribution in [0.25, 0.3) is 0 Å². The third kappa shape index (κ3) is 13.3. The molecule has 0 aromatic rings. The van der Waals surface area contributed by atoms with Crippen LogP contribution in [0.3, 0.4) is 0 Å². The Bertz CT molecular complexity index is 498. The summed E-state index contributed by atoms with van der Waals surface area (Å²) in [6.45, 7) is 1.45. The van der Waals surface area contributed by atoms with Gasteiger partial charge in [-0.1, -0.05) is 42.7 Å². The van der Waals surface area contributed by atoms with E-state index in [2.05, 4.69) is 17.2 Å². The number of allylic oxidation sites excluding steroid dienone is 1. The van der Waals surface area contributed by atoms with E-state index in [1.54, 1.807) is 6.08 Å². The van der Waals surface area contributed by atoms with Crippen molar-refractivity contribution in [1.29, 1.82) is 0 Å². The monoisotopic (exact) mass is 423 g/mol. The molecular weight excluding hydrogens is 397 g/mol. The number of esters is 1. The number of unbranched alkanes of at least 4 members (excludes halogenated alkanes) is 3. The fourth-order valence-corrected chi connectivity index (χ4v) is 3.05. The zero-order valence-corrected chi connectivity index (χ0v) is 17.7. The van der Waals surface area contributed by atoms with Crippen LogP contribution < -0.4 is 5.32 Å². The fourth-order valence-electron chi connectivity index (χ4n) is 2.68. The zero-order chi connectivity index (χ0) is 19.8. The Kier molecular flexibility index (Phi) is 15.7. The number of ether oxygens (including phenoxy) is 1. The first-order valence-electron chi connectivity index (χ1n) is 8.79. The number of rotatable bonds is 12. The molecule has 4 nitrogen and oxygen atoms in total. The molecule has 0 unspecified atom stereocenters. The van der Waals surface area contributed by atoms with Crippen LogP contribution in [-0.4, -0.2) is 29.9 Å². The summed E-state index contributed by atoms with van der Waals surface area (Å²) in [6, 6.07) is -0.265.